The monoisotopic (exact) mass is 377 g/mol. The molecule has 0 radical (unpaired) electrons. The van der Waals surface area contributed by atoms with Crippen LogP contribution >= 0.6 is 0 Å². The summed E-state index contributed by atoms with van der Waals surface area (Å²) in [5, 5.41) is 5.43. The van der Waals surface area contributed by atoms with Crippen molar-refractivity contribution in [3.05, 3.63) is 47.9 Å². The van der Waals surface area contributed by atoms with Crippen molar-refractivity contribution >= 4 is 12.0 Å². The van der Waals surface area contributed by atoms with Gasteiger partial charge in [-0.1, -0.05) is 30.3 Å². The van der Waals surface area contributed by atoms with E-state index in [1.54, 1.807) is 26.8 Å². The lowest BCUT2D eigenvalue weighted by molar-refractivity contribution is -0.123. The van der Waals surface area contributed by atoms with Gasteiger partial charge in [-0.3, -0.25) is 9.63 Å². The molecule has 1 aliphatic rings. The molecule has 8 nitrogen and oxygen atoms in total. The molecule has 1 aliphatic heterocycles. The molecule has 0 saturated heterocycles. The van der Waals surface area contributed by atoms with E-state index in [-0.39, 0.29) is 18.6 Å². The summed E-state index contributed by atoms with van der Waals surface area (Å²) in [5.41, 5.74) is 2.88. The summed E-state index contributed by atoms with van der Waals surface area (Å²) in [7, 11) is 1.52. The van der Waals surface area contributed by atoms with E-state index >= 15 is 0 Å². The summed E-state index contributed by atoms with van der Waals surface area (Å²) < 4.78 is 10.3. The van der Waals surface area contributed by atoms with Gasteiger partial charge < -0.3 is 20.1 Å². The minimum absolute atomic E-state index is 0.236. The second-order valence-corrected chi connectivity index (χ2v) is 7.13. The number of hydrogen-bond acceptors (Lipinski definition) is 6. The van der Waals surface area contributed by atoms with Crippen molar-refractivity contribution < 1.29 is 23.9 Å². The van der Waals surface area contributed by atoms with Gasteiger partial charge in [0.1, 0.15) is 17.7 Å². The fraction of sp³-hybridized carbons (Fsp3) is 0.474. The highest BCUT2D eigenvalue weighted by Gasteiger charge is 2.26. The smallest absolute Gasteiger partial charge is 0.408 e. The van der Waals surface area contributed by atoms with Gasteiger partial charge >= 0.3 is 6.09 Å². The number of ether oxygens (including phenoxy) is 2. The number of methoxy groups -OCH3 is 1. The van der Waals surface area contributed by atoms with Gasteiger partial charge in [0.25, 0.3) is 0 Å². The summed E-state index contributed by atoms with van der Waals surface area (Å²) in [4.78, 5) is 30.0. The quantitative estimate of drug-likeness (QED) is 0.668. The number of nitrogens with one attached hydrogen (secondary N) is 3. The minimum Gasteiger partial charge on any atom is -0.481 e. The molecule has 0 fully saturated rings. The molecule has 27 heavy (non-hydrogen) atoms. The zero-order valence-electron chi connectivity index (χ0n) is 16.1. The van der Waals surface area contributed by atoms with Crippen LogP contribution in [0.25, 0.3) is 0 Å². The third kappa shape index (κ3) is 7.18. The molecule has 0 aliphatic carbocycles. The van der Waals surface area contributed by atoms with Gasteiger partial charge in [-0.2, -0.15) is 0 Å². The van der Waals surface area contributed by atoms with E-state index in [1.165, 1.54) is 7.11 Å². The first-order chi connectivity index (χ1) is 12.8. The molecule has 0 spiro atoms. The van der Waals surface area contributed by atoms with Gasteiger partial charge in [0.15, 0.2) is 0 Å². The Bertz CT molecular complexity index is 670. The highest BCUT2D eigenvalue weighted by atomic mass is 16.7. The molecule has 3 N–H and O–H groups in total. The van der Waals surface area contributed by atoms with Crippen molar-refractivity contribution in [1.82, 2.24) is 16.1 Å². The van der Waals surface area contributed by atoms with E-state index in [1.807, 2.05) is 30.3 Å². The number of hydroxylamine groups is 1. The SMILES string of the molecule is COC1=CC(CNC(=O)[C@H](Cc2ccccc2)NC(=O)OC(C)(C)C)ON1. The summed E-state index contributed by atoms with van der Waals surface area (Å²) in [6, 6.07) is 8.68. The predicted octanol–water partition coefficient (Wildman–Crippen LogP) is 1.63. The van der Waals surface area contributed by atoms with Gasteiger partial charge in [0, 0.05) is 12.5 Å². The number of alkyl carbamates (subject to hydrolysis) is 1. The lowest BCUT2D eigenvalue weighted by Crippen LogP contribution is -2.50. The third-order valence-electron chi connectivity index (χ3n) is 3.64. The average Bonchev–Trinajstić information content (AvgIpc) is 3.06. The Kier molecular flexibility index (Phi) is 7.06. The number of carbonyl (C=O) groups excluding carboxylic acids is 2. The number of carbonyl (C=O) groups is 2. The summed E-state index contributed by atoms with van der Waals surface area (Å²) in [6.07, 6.45) is 1.06. The highest BCUT2D eigenvalue weighted by molar-refractivity contribution is 5.86. The maximum atomic E-state index is 12.6. The Morgan fingerprint density at radius 2 is 1.96 bits per heavy atom. The second kappa shape index (κ2) is 9.27. The normalized spacial score (nSPS) is 17.3. The molecule has 2 rings (SSSR count). The van der Waals surface area contributed by atoms with Crippen LogP contribution in [0.2, 0.25) is 0 Å². The standard InChI is InChI=1S/C19H27N3O5/c1-19(2,3)26-18(24)21-15(10-13-8-6-5-7-9-13)17(23)20-12-14-11-16(25-4)22-27-14/h5-9,11,14-15,22H,10,12H2,1-4H3,(H,20,23)(H,21,24)/t14?,15-/m0/s1. The van der Waals surface area contributed by atoms with E-state index in [9.17, 15) is 9.59 Å². The molecule has 1 aromatic rings. The van der Waals surface area contributed by atoms with E-state index < -0.39 is 17.7 Å². The Morgan fingerprint density at radius 3 is 2.56 bits per heavy atom. The summed E-state index contributed by atoms with van der Waals surface area (Å²) >= 11 is 0. The molecular weight excluding hydrogens is 350 g/mol. The first-order valence-electron chi connectivity index (χ1n) is 8.75. The molecule has 1 unspecified atom stereocenters. The topological polar surface area (TPSA) is 97.9 Å². The predicted molar refractivity (Wildman–Crippen MR) is 99.4 cm³/mol. The van der Waals surface area contributed by atoms with Gasteiger partial charge in [0.05, 0.1) is 13.7 Å². The number of amides is 2. The number of hydrogen-bond donors (Lipinski definition) is 3. The van der Waals surface area contributed by atoms with E-state index in [4.69, 9.17) is 14.3 Å². The zero-order valence-corrected chi connectivity index (χ0v) is 16.1. The molecule has 0 saturated carbocycles. The van der Waals surface area contributed by atoms with Gasteiger partial charge in [-0.15, -0.1) is 0 Å². The van der Waals surface area contributed by atoms with Crippen molar-refractivity contribution in [3.63, 3.8) is 0 Å². The fourth-order valence-corrected chi connectivity index (χ4v) is 2.41. The summed E-state index contributed by atoms with van der Waals surface area (Å²) in [5.74, 6) is 0.162. The molecule has 1 heterocycles. The lowest BCUT2D eigenvalue weighted by atomic mass is 10.1. The Labute approximate surface area is 159 Å². The molecule has 2 amide bonds. The van der Waals surface area contributed by atoms with E-state index in [0.717, 1.165) is 5.56 Å². The molecule has 1 aromatic carbocycles. The van der Waals surface area contributed by atoms with Gasteiger partial charge in [-0.05, 0) is 26.3 Å². The average molecular weight is 377 g/mol. The third-order valence-corrected chi connectivity index (χ3v) is 3.64. The van der Waals surface area contributed by atoms with E-state index in [2.05, 4.69) is 16.1 Å². The maximum Gasteiger partial charge on any atom is 0.408 e. The molecule has 2 atom stereocenters. The number of rotatable bonds is 7. The van der Waals surface area contributed by atoms with Crippen LogP contribution in [0.5, 0.6) is 0 Å². The largest absolute Gasteiger partial charge is 0.481 e. The van der Waals surface area contributed by atoms with Crippen LogP contribution < -0.4 is 16.1 Å². The molecule has 148 valence electrons. The molecule has 0 aromatic heterocycles. The Balaban J connectivity index is 1.98. The first kappa shape index (κ1) is 20.6. The fourth-order valence-electron chi connectivity index (χ4n) is 2.41. The first-order valence-corrected chi connectivity index (χ1v) is 8.75. The molecule has 8 heteroatoms. The zero-order chi connectivity index (χ0) is 19.9. The second-order valence-electron chi connectivity index (χ2n) is 7.13. The van der Waals surface area contributed by atoms with Crippen molar-refractivity contribution in [1.29, 1.82) is 0 Å². The Hall–Kier alpha value is -2.74. The van der Waals surface area contributed by atoms with Crippen molar-refractivity contribution in [3.8, 4) is 0 Å². The highest BCUT2D eigenvalue weighted by Crippen LogP contribution is 2.09. The van der Waals surface area contributed by atoms with E-state index in [0.29, 0.717) is 12.3 Å². The lowest BCUT2D eigenvalue weighted by Gasteiger charge is -2.23. The Morgan fingerprint density at radius 1 is 1.26 bits per heavy atom. The van der Waals surface area contributed by atoms with Crippen LogP contribution in [0.1, 0.15) is 26.3 Å². The van der Waals surface area contributed by atoms with Crippen molar-refractivity contribution in [2.45, 2.75) is 44.9 Å². The summed E-state index contributed by atoms with van der Waals surface area (Å²) in [6.45, 7) is 5.54. The van der Waals surface area contributed by atoms with Crippen LogP contribution in [0.3, 0.4) is 0 Å². The van der Waals surface area contributed by atoms with Crippen molar-refractivity contribution in [2.24, 2.45) is 0 Å². The van der Waals surface area contributed by atoms with Crippen LogP contribution in [0.15, 0.2) is 42.3 Å². The van der Waals surface area contributed by atoms with Crippen LogP contribution in [0.4, 0.5) is 4.79 Å². The van der Waals surface area contributed by atoms with Crippen LogP contribution in [0, 0.1) is 0 Å². The van der Waals surface area contributed by atoms with Gasteiger partial charge in [-0.25, -0.2) is 10.3 Å². The maximum absolute atomic E-state index is 12.6. The minimum atomic E-state index is -0.775. The van der Waals surface area contributed by atoms with Crippen molar-refractivity contribution in [2.75, 3.05) is 13.7 Å². The molecule has 0 bridgehead atoms. The number of benzene rings is 1. The van der Waals surface area contributed by atoms with Crippen LogP contribution in [-0.4, -0.2) is 43.4 Å². The van der Waals surface area contributed by atoms with Gasteiger partial charge in [0.2, 0.25) is 11.8 Å². The van der Waals surface area contributed by atoms with Crippen LogP contribution in [-0.2, 0) is 25.5 Å². The molecular formula is C19H27N3O5.